The summed E-state index contributed by atoms with van der Waals surface area (Å²) < 4.78 is 11.2. The third kappa shape index (κ3) is 4.66. The van der Waals surface area contributed by atoms with E-state index < -0.39 is 18.0 Å². The van der Waals surface area contributed by atoms with Crippen LogP contribution in [0.25, 0.3) is 0 Å². The normalized spacial score (nSPS) is 30.8. The highest BCUT2D eigenvalue weighted by Crippen LogP contribution is 2.28. The average Bonchev–Trinajstić information content (AvgIpc) is 2.55. The molecule has 4 atom stereocenters. The fourth-order valence-corrected chi connectivity index (χ4v) is 1.98. The van der Waals surface area contributed by atoms with E-state index in [1.54, 1.807) is 6.08 Å². The Morgan fingerprint density at radius 1 is 1.28 bits per heavy atom. The molecule has 18 heavy (non-hydrogen) atoms. The van der Waals surface area contributed by atoms with Gasteiger partial charge in [0.15, 0.2) is 5.79 Å². The fourth-order valence-electron chi connectivity index (χ4n) is 1.98. The van der Waals surface area contributed by atoms with Crippen molar-refractivity contribution in [1.29, 1.82) is 0 Å². The minimum Gasteiger partial charge on any atom is -0.396 e. The Kier molecular flexibility index (Phi) is 5.75. The molecule has 0 aliphatic carbocycles. The van der Waals surface area contributed by atoms with Crippen LogP contribution in [0.4, 0.5) is 0 Å². The Balaban J connectivity index is 2.44. The molecular weight excluding hydrogens is 236 g/mol. The van der Waals surface area contributed by atoms with Crippen molar-refractivity contribution < 1.29 is 24.8 Å². The highest BCUT2D eigenvalue weighted by atomic mass is 16.7. The van der Waals surface area contributed by atoms with Crippen molar-refractivity contribution in [2.24, 2.45) is 0 Å². The lowest BCUT2D eigenvalue weighted by Gasteiger charge is -2.16. The maximum Gasteiger partial charge on any atom is 0.164 e. The molecule has 0 bridgehead atoms. The van der Waals surface area contributed by atoms with Crippen molar-refractivity contribution in [3.05, 3.63) is 12.2 Å². The lowest BCUT2D eigenvalue weighted by atomic mass is 10.1. The Hall–Kier alpha value is -0.460. The largest absolute Gasteiger partial charge is 0.396 e. The first-order valence-electron chi connectivity index (χ1n) is 6.36. The Morgan fingerprint density at radius 2 is 1.94 bits per heavy atom. The van der Waals surface area contributed by atoms with Gasteiger partial charge in [-0.3, -0.25) is 0 Å². The molecule has 1 saturated heterocycles. The molecule has 0 aromatic heterocycles. The number of rotatable bonds is 6. The fraction of sp³-hybridized carbons (Fsp3) is 0.846. The summed E-state index contributed by atoms with van der Waals surface area (Å²) in [7, 11) is 0. The van der Waals surface area contributed by atoms with Crippen LogP contribution in [-0.2, 0) is 9.47 Å². The lowest BCUT2D eigenvalue weighted by molar-refractivity contribution is -0.141. The SMILES string of the molecule is C[C@@H]1OC(C)(C)O[C@H]1/C=C/[C@@H](O)[C@H](O)CCCO. The Morgan fingerprint density at radius 3 is 2.44 bits per heavy atom. The summed E-state index contributed by atoms with van der Waals surface area (Å²) in [5.41, 5.74) is 0. The summed E-state index contributed by atoms with van der Waals surface area (Å²) in [5.74, 6) is -0.616. The highest BCUT2D eigenvalue weighted by molar-refractivity contribution is 5.01. The van der Waals surface area contributed by atoms with Gasteiger partial charge in [-0.1, -0.05) is 12.2 Å². The first-order chi connectivity index (χ1) is 8.35. The molecule has 0 radical (unpaired) electrons. The van der Waals surface area contributed by atoms with Crippen LogP contribution in [0, 0.1) is 0 Å². The highest BCUT2D eigenvalue weighted by Gasteiger charge is 2.37. The maximum atomic E-state index is 9.71. The summed E-state index contributed by atoms with van der Waals surface area (Å²) in [4.78, 5) is 0. The van der Waals surface area contributed by atoms with Crippen molar-refractivity contribution >= 4 is 0 Å². The van der Waals surface area contributed by atoms with Crippen LogP contribution >= 0.6 is 0 Å². The van der Waals surface area contributed by atoms with Crippen LogP contribution < -0.4 is 0 Å². The second-order valence-corrected chi connectivity index (χ2v) is 5.11. The smallest absolute Gasteiger partial charge is 0.164 e. The van der Waals surface area contributed by atoms with Gasteiger partial charge >= 0.3 is 0 Å². The minimum absolute atomic E-state index is 0.0122. The molecule has 0 aromatic carbocycles. The predicted octanol–water partition coefficient (Wildman–Crippen LogP) is 0.577. The zero-order valence-electron chi connectivity index (χ0n) is 11.2. The zero-order valence-corrected chi connectivity index (χ0v) is 11.2. The number of aliphatic hydroxyl groups is 3. The standard InChI is InChI=1S/C13H24O5/c1-9-12(18-13(2,3)17-9)7-6-11(16)10(15)5-4-8-14/h6-7,9-12,14-16H,4-5,8H2,1-3H3/b7-6+/t9-,10+,11+,12-/m0/s1. The summed E-state index contributed by atoms with van der Waals surface area (Å²) in [6.07, 6.45) is 1.96. The van der Waals surface area contributed by atoms with Crippen molar-refractivity contribution in [2.45, 2.75) is 63.8 Å². The van der Waals surface area contributed by atoms with E-state index in [9.17, 15) is 10.2 Å². The molecule has 0 saturated carbocycles. The van der Waals surface area contributed by atoms with E-state index in [0.717, 1.165) is 0 Å². The van der Waals surface area contributed by atoms with Crippen molar-refractivity contribution in [1.82, 2.24) is 0 Å². The molecule has 0 unspecified atom stereocenters. The van der Waals surface area contributed by atoms with E-state index >= 15 is 0 Å². The summed E-state index contributed by atoms with van der Waals surface area (Å²) >= 11 is 0. The van der Waals surface area contributed by atoms with Crippen LogP contribution in [0.3, 0.4) is 0 Å². The van der Waals surface area contributed by atoms with Crippen molar-refractivity contribution in [3.63, 3.8) is 0 Å². The van der Waals surface area contributed by atoms with Crippen LogP contribution in [0.5, 0.6) is 0 Å². The second kappa shape index (κ2) is 6.63. The molecule has 1 heterocycles. The van der Waals surface area contributed by atoms with Gasteiger partial charge < -0.3 is 24.8 Å². The predicted molar refractivity (Wildman–Crippen MR) is 67.0 cm³/mol. The molecule has 1 aliphatic rings. The van der Waals surface area contributed by atoms with Crippen LogP contribution in [-0.4, -0.2) is 52.1 Å². The molecular formula is C13H24O5. The minimum atomic E-state index is -0.948. The summed E-state index contributed by atoms with van der Waals surface area (Å²) in [6, 6.07) is 0. The number of hydrogen-bond donors (Lipinski definition) is 3. The van der Waals surface area contributed by atoms with Crippen LogP contribution in [0.15, 0.2) is 12.2 Å². The Labute approximate surface area is 108 Å². The van der Waals surface area contributed by atoms with Gasteiger partial charge in [-0.25, -0.2) is 0 Å². The van der Waals surface area contributed by atoms with E-state index in [4.69, 9.17) is 14.6 Å². The van der Waals surface area contributed by atoms with Gasteiger partial charge in [-0.05, 0) is 33.6 Å². The number of aliphatic hydroxyl groups excluding tert-OH is 3. The van der Waals surface area contributed by atoms with E-state index in [0.29, 0.717) is 12.8 Å². The third-order valence-electron chi connectivity index (χ3n) is 2.90. The van der Waals surface area contributed by atoms with Crippen molar-refractivity contribution in [3.8, 4) is 0 Å². The first-order valence-corrected chi connectivity index (χ1v) is 6.36. The molecule has 1 aliphatic heterocycles. The summed E-state index contributed by atoms with van der Waals surface area (Å²) in [5, 5.41) is 28.0. The third-order valence-corrected chi connectivity index (χ3v) is 2.90. The molecule has 0 spiro atoms. The van der Waals surface area contributed by atoms with E-state index in [1.165, 1.54) is 6.08 Å². The Bertz CT molecular complexity index is 277. The van der Waals surface area contributed by atoms with Crippen LogP contribution in [0.2, 0.25) is 0 Å². The molecule has 3 N–H and O–H groups in total. The molecule has 0 aromatic rings. The van der Waals surface area contributed by atoms with E-state index in [2.05, 4.69) is 0 Å². The van der Waals surface area contributed by atoms with Gasteiger partial charge in [0.2, 0.25) is 0 Å². The van der Waals surface area contributed by atoms with Crippen molar-refractivity contribution in [2.75, 3.05) is 6.61 Å². The first kappa shape index (κ1) is 15.6. The quantitative estimate of drug-likeness (QED) is 0.609. The summed E-state index contributed by atoms with van der Waals surface area (Å²) in [6.45, 7) is 5.59. The van der Waals surface area contributed by atoms with E-state index in [1.807, 2.05) is 20.8 Å². The molecule has 1 rings (SSSR count). The number of hydrogen-bond acceptors (Lipinski definition) is 5. The lowest BCUT2D eigenvalue weighted by Crippen LogP contribution is -2.25. The molecule has 5 nitrogen and oxygen atoms in total. The van der Waals surface area contributed by atoms with Gasteiger partial charge in [0.1, 0.15) is 6.10 Å². The van der Waals surface area contributed by atoms with Crippen LogP contribution in [0.1, 0.15) is 33.6 Å². The van der Waals surface area contributed by atoms with Gasteiger partial charge in [-0.2, -0.15) is 0 Å². The second-order valence-electron chi connectivity index (χ2n) is 5.11. The molecule has 5 heteroatoms. The molecule has 0 amide bonds. The number of ether oxygens (including phenoxy) is 2. The van der Waals surface area contributed by atoms with Gasteiger partial charge in [0.25, 0.3) is 0 Å². The zero-order chi connectivity index (χ0) is 13.8. The van der Waals surface area contributed by atoms with E-state index in [-0.39, 0.29) is 18.8 Å². The van der Waals surface area contributed by atoms with Gasteiger partial charge in [-0.15, -0.1) is 0 Å². The van der Waals surface area contributed by atoms with Gasteiger partial charge in [0.05, 0.1) is 18.3 Å². The molecule has 106 valence electrons. The average molecular weight is 260 g/mol. The topological polar surface area (TPSA) is 79.2 Å². The molecule has 1 fully saturated rings. The monoisotopic (exact) mass is 260 g/mol. The maximum absolute atomic E-state index is 9.71. The van der Waals surface area contributed by atoms with Gasteiger partial charge in [0, 0.05) is 6.61 Å².